The summed E-state index contributed by atoms with van der Waals surface area (Å²) < 4.78 is 14.0. The van der Waals surface area contributed by atoms with E-state index in [9.17, 15) is 4.39 Å². The van der Waals surface area contributed by atoms with Crippen LogP contribution in [0.2, 0.25) is 0 Å². The van der Waals surface area contributed by atoms with Crippen LogP contribution in [0.3, 0.4) is 0 Å². The van der Waals surface area contributed by atoms with E-state index in [1.54, 1.807) is 6.07 Å². The van der Waals surface area contributed by atoms with E-state index in [-0.39, 0.29) is 5.82 Å². The minimum Gasteiger partial charge on any atom is -0.368 e. The summed E-state index contributed by atoms with van der Waals surface area (Å²) in [4.78, 5) is 0. The van der Waals surface area contributed by atoms with Crippen molar-refractivity contribution in [1.82, 2.24) is 10.2 Å². The monoisotopic (exact) mass is 273 g/mol. The number of halogens is 1. The highest BCUT2D eigenvalue weighted by molar-refractivity contribution is 5.67. The van der Waals surface area contributed by atoms with Crippen LogP contribution in [0.4, 0.5) is 10.2 Å². The summed E-state index contributed by atoms with van der Waals surface area (Å²) >= 11 is 0. The van der Waals surface area contributed by atoms with Crippen molar-refractivity contribution in [2.75, 3.05) is 11.9 Å². The minimum absolute atomic E-state index is 0.262. The van der Waals surface area contributed by atoms with Crippen molar-refractivity contribution >= 4 is 5.82 Å². The molecule has 106 valence electrons. The van der Waals surface area contributed by atoms with Crippen LogP contribution in [0.1, 0.15) is 30.0 Å². The molecule has 0 aliphatic heterocycles. The number of nitrogens with zero attached hydrogens (tertiary/aromatic N) is 2. The molecule has 0 spiro atoms. The number of aromatic nitrogens is 2. The first-order valence-electron chi connectivity index (χ1n) is 6.88. The Labute approximate surface area is 119 Å². The summed E-state index contributed by atoms with van der Waals surface area (Å²) in [5.74, 6) is 0.517. The van der Waals surface area contributed by atoms with E-state index >= 15 is 0 Å². The van der Waals surface area contributed by atoms with Crippen LogP contribution in [-0.2, 0) is 0 Å². The van der Waals surface area contributed by atoms with Gasteiger partial charge >= 0.3 is 0 Å². The molecule has 1 heterocycles. The fourth-order valence-corrected chi connectivity index (χ4v) is 2.09. The molecule has 2 rings (SSSR count). The van der Waals surface area contributed by atoms with Crippen molar-refractivity contribution in [2.24, 2.45) is 0 Å². The molecule has 20 heavy (non-hydrogen) atoms. The Hall–Kier alpha value is -1.97. The molecule has 0 fully saturated rings. The largest absolute Gasteiger partial charge is 0.368 e. The Morgan fingerprint density at radius 1 is 1.10 bits per heavy atom. The molecule has 2 aromatic rings. The Bertz CT molecular complexity index is 623. The van der Waals surface area contributed by atoms with Gasteiger partial charge in [0.2, 0.25) is 0 Å². The summed E-state index contributed by atoms with van der Waals surface area (Å²) in [5, 5.41) is 11.6. The van der Waals surface area contributed by atoms with E-state index in [0.29, 0.717) is 11.3 Å². The van der Waals surface area contributed by atoms with Crippen LogP contribution in [0.25, 0.3) is 11.3 Å². The predicted octanol–water partition coefficient (Wildman–Crippen LogP) is 4.03. The second kappa shape index (κ2) is 5.99. The zero-order valence-electron chi connectivity index (χ0n) is 12.4. The first-order valence-corrected chi connectivity index (χ1v) is 6.88. The number of nitrogens with one attached hydrogen (secondary N) is 1. The molecule has 0 atom stereocenters. The van der Waals surface area contributed by atoms with Gasteiger partial charge in [-0.05, 0) is 50.5 Å². The maximum atomic E-state index is 14.0. The van der Waals surface area contributed by atoms with E-state index in [4.69, 9.17) is 0 Å². The summed E-state index contributed by atoms with van der Waals surface area (Å²) in [6.45, 7) is 8.83. The van der Waals surface area contributed by atoms with Gasteiger partial charge in [0.05, 0.1) is 5.69 Å². The van der Waals surface area contributed by atoms with E-state index in [0.717, 1.165) is 35.5 Å². The van der Waals surface area contributed by atoms with Gasteiger partial charge in [0.25, 0.3) is 0 Å². The van der Waals surface area contributed by atoms with Crippen LogP contribution in [0.15, 0.2) is 18.2 Å². The van der Waals surface area contributed by atoms with Gasteiger partial charge in [-0.2, -0.15) is 0 Å². The quantitative estimate of drug-likeness (QED) is 0.914. The predicted molar refractivity (Wildman–Crippen MR) is 80.4 cm³/mol. The fourth-order valence-electron chi connectivity index (χ4n) is 2.09. The molecule has 0 bridgehead atoms. The Balaban J connectivity index is 2.48. The van der Waals surface area contributed by atoms with Crippen molar-refractivity contribution in [3.05, 3.63) is 40.7 Å². The molecule has 0 aliphatic rings. The van der Waals surface area contributed by atoms with Crippen LogP contribution in [0, 0.1) is 26.6 Å². The lowest BCUT2D eigenvalue weighted by Gasteiger charge is -2.13. The molecule has 0 amide bonds. The van der Waals surface area contributed by atoms with Crippen molar-refractivity contribution in [3.63, 3.8) is 0 Å². The number of rotatable bonds is 4. The van der Waals surface area contributed by atoms with Crippen LogP contribution >= 0.6 is 0 Å². The summed E-state index contributed by atoms with van der Waals surface area (Å²) in [7, 11) is 0. The molecule has 0 saturated heterocycles. The van der Waals surface area contributed by atoms with Crippen LogP contribution in [-0.4, -0.2) is 16.7 Å². The van der Waals surface area contributed by atoms with Crippen molar-refractivity contribution in [3.8, 4) is 11.3 Å². The van der Waals surface area contributed by atoms with E-state index in [1.165, 1.54) is 6.07 Å². The Morgan fingerprint density at radius 3 is 2.55 bits per heavy atom. The maximum absolute atomic E-state index is 14.0. The SMILES string of the molecule is CCCNc1nnc(-c2cc(C)ccc2F)c(C)c1C. The third kappa shape index (κ3) is 2.79. The number of aryl methyl sites for hydroxylation is 1. The smallest absolute Gasteiger partial charge is 0.151 e. The zero-order valence-corrected chi connectivity index (χ0v) is 12.4. The van der Waals surface area contributed by atoms with Gasteiger partial charge in [0.15, 0.2) is 5.82 Å². The summed E-state index contributed by atoms with van der Waals surface area (Å²) in [6, 6.07) is 5.04. The highest BCUT2D eigenvalue weighted by Gasteiger charge is 2.14. The van der Waals surface area contributed by atoms with Crippen molar-refractivity contribution in [1.29, 1.82) is 0 Å². The Morgan fingerprint density at radius 2 is 1.85 bits per heavy atom. The molecule has 3 nitrogen and oxygen atoms in total. The number of anilines is 1. The zero-order chi connectivity index (χ0) is 14.7. The average molecular weight is 273 g/mol. The lowest BCUT2D eigenvalue weighted by Crippen LogP contribution is -2.08. The molecular formula is C16H20FN3. The third-order valence-electron chi connectivity index (χ3n) is 3.44. The normalized spacial score (nSPS) is 10.7. The Kier molecular flexibility index (Phi) is 4.32. The summed E-state index contributed by atoms with van der Waals surface area (Å²) in [6.07, 6.45) is 1.02. The van der Waals surface area contributed by atoms with Gasteiger partial charge in [-0.3, -0.25) is 0 Å². The molecule has 1 N–H and O–H groups in total. The van der Waals surface area contributed by atoms with Gasteiger partial charge < -0.3 is 5.32 Å². The second-order valence-electron chi connectivity index (χ2n) is 5.06. The first kappa shape index (κ1) is 14.4. The van der Waals surface area contributed by atoms with Crippen molar-refractivity contribution < 1.29 is 4.39 Å². The number of benzene rings is 1. The molecule has 0 aliphatic carbocycles. The average Bonchev–Trinajstić information content (AvgIpc) is 2.43. The lowest BCUT2D eigenvalue weighted by molar-refractivity contribution is 0.629. The third-order valence-corrected chi connectivity index (χ3v) is 3.44. The van der Waals surface area contributed by atoms with Crippen molar-refractivity contribution in [2.45, 2.75) is 34.1 Å². The van der Waals surface area contributed by atoms with Gasteiger partial charge in [0.1, 0.15) is 5.82 Å². The lowest BCUT2D eigenvalue weighted by atomic mass is 10.0. The van der Waals surface area contributed by atoms with Gasteiger partial charge in [-0.15, -0.1) is 10.2 Å². The minimum atomic E-state index is -0.262. The van der Waals surface area contributed by atoms with E-state index in [2.05, 4.69) is 22.4 Å². The molecule has 4 heteroatoms. The molecule has 0 unspecified atom stereocenters. The van der Waals surface area contributed by atoms with E-state index < -0.39 is 0 Å². The standard InChI is InChI=1S/C16H20FN3/c1-5-8-18-16-12(4)11(3)15(19-20-16)13-9-10(2)6-7-14(13)17/h6-7,9H,5,8H2,1-4H3,(H,18,20). The highest BCUT2D eigenvalue weighted by Crippen LogP contribution is 2.28. The number of hydrogen-bond acceptors (Lipinski definition) is 3. The topological polar surface area (TPSA) is 37.8 Å². The molecule has 1 aromatic carbocycles. The summed E-state index contributed by atoms with van der Waals surface area (Å²) in [5.41, 5.74) is 4.12. The van der Waals surface area contributed by atoms with E-state index in [1.807, 2.05) is 26.8 Å². The second-order valence-corrected chi connectivity index (χ2v) is 5.06. The fraction of sp³-hybridized carbons (Fsp3) is 0.375. The first-order chi connectivity index (χ1) is 9.54. The van der Waals surface area contributed by atoms with Gasteiger partial charge in [0, 0.05) is 12.1 Å². The molecule has 1 aromatic heterocycles. The van der Waals surface area contributed by atoms with Crippen LogP contribution < -0.4 is 5.32 Å². The van der Waals surface area contributed by atoms with Crippen LogP contribution in [0.5, 0.6) is 0 Å². The van der Waals surface area contributed by atoms with Gasteiger partial charge in [-0.1, -0.05) is 18.6 Å². The molecular weight excluding hydrogens is 253 g/mol. The maximum Gasteiger partial charge on any atom is 0.151 e. The van der Waals surface area contributed by atoms with Gasteiger partial charge in [-0.25, -0.2) is 4.39 Å². The number of hydrogen-bond donors (Lipinski definition) is 1. The highest BCUT2D eigenvalue weighted by atomic mass is 19.1. The molecule has 0 saturated carbocycles. The molecule has 0 radical (unpaired) electrons.